The third-order valence-corrected chi connectivity index (χ3v) is 12.5. The summed E-state index contributed by atoms with van der Waals surface area (Å²) in [4.78, 5) is 2.79. The minimum absolute atomic E-state index is 0.0806. The fourth-order valence-electron chi connectivity index (χ4n) is 9.96. The van der Waals surface area contributed by atoms with Crippen LogP contribution in [0.15, 0.2) is 109 Å². The Morgan fingerprint density at radius 1 is 0.809 bits per heavy atom. The molecule has 0 saturated heterocycles. The van der Waals surface area contributed by atoms with Gasteiger partial charge in [-0.2, -0.15) is 0 Å². The van der Waals surface area contributed by atoms with Crippen molar-refractivity contribution in [2.45, 2.75) is 70.3 Å². The molecule has 2 N–H and O–H groups in total. The second-order valence-electron chi connectivity index (χ2n) is 15.1. The van der Waals surface area contributed by atoms with Crippen LogP contribution in [0.4, 0.5) is 28.4 Å². The Balaban J connectivity index is 1.04. The van der Waals surface area contributed by atoms with Gasteiger partial charge in [-0.25, -0.2) is 0 Å². The lowest BCUT2D eigenvalue weighted by Crippen LogP contribution is -2.63. The molecule has 5 aliphatic rings. The van der Waals surface area contributed by atoms with Crippen LogP contribution in [-0.2, 0) is 5.41 Å². The molecule has 0 radical (unpaired) electrons. The summed E-state index contributed by atoms with van der Waals surface area (Å²) in [7, 11) is 0. The van der Waals surface area contributed by atoms with Gasteiger partial charge in [-0.1, -0.05) is 86.5 Å². The largest absolute Gasteiger partial charge is 0.356 e. The molecule has 1 saturated carbocycles. The number of para-hydroxylation sites is 1. The fraction of sp³-hybridized carbons (Fsp3) is 0.256. The lowest BCUT2D eigenvalue weighted by atomic mass is 9.33. The van der Waals surface area contributed by atoms with Crippen molar-refractivity contribution in [1.29, 1.82) is 0 Å². The lowest BCUT2D eigenvalue weighted by Gasteiger charge is -2.52. The quantitative estimate of drug-likeness (QED) is 0.196. The van der Waals surface area contributed by atoms with Crippen LogP contribution in [0.5, 0.6) is 0 Å². The van der Waals surface area contributed by atoms with E-state index in [4.69, 9.17) is 0 Å². The second kappa shape index (κ2) is 9.67. The van der Waals surface area contributed by atoms with Crippen LogP contribution in [0.3, 0.4) is 0 Å². The number of nitrogens with zero attached hydrogens (tertiary/aromatic N) is 1. The van der Waals surface area contributed by atoms with E-state index < -0.39 is 0 Å². The van der Waals surface area contributed by atoms with Crippen LogP contribution < -0.4 is 31.9 Å². The third-order valence-electron chi connectivity index (χ3n) is 12.5. The van der Waals surface area contributed by atoms with Gasteiger partial charge < -0.3 is 15.5 Å². The highest BCUT2D eigenvalue weighted by Crippen LogP contribution is 2.61. The maximum absolute atomic E-state index is 3.93. The minimum Gasteiger partial charge on any atom is -0.356 e. The molecule has 1 fully saturated rings. The van der Waals surface area contributed by atoms with E-state index in [9.17, 15) is 0 Å². The molecule has 3 aliphatic heterocycles. The lowest BCUT2D eigenvalue weighted by molar-refractivity contribution is 0.195. The van der Waals surface area contributed by atoms with E-state index in [1.165, 1.54) is 98.0 Å². The first-order valence-corrected chi connectivity index (χ1v) is 17.6. The van der Waals surface area contributed by atoms with Crippen LogP contribution >= 0.6 is 0 Å². The number of aryl methyl sites for hydroxylation is 1. The summed E-state index contributed by atoms with van der Waals surface area (Å²) in [5.41, 5.74) is 17.8. The number of allylic oxidation sites excluding steroid dienone is 3. The van der Waals surface area contributed by atoms with E-state index in [2.05, 4.69) is 139 Å². The summed E-state index contributed by atoms with van der Waals surface area (Å²) < 4.78 is 0. The Kier molecular flexibility index (Phi) is 5.64. The van der Waals surface area contributed by atoms with Crippen molar-refractivity contribution < 1.29 is 0 Å². The number of hydrogen-bond acceptors (Lipinski definition) is 3. The highest BCUT2D eigenvalue weighted by molar-refractivity contribution is 7.00. The Morgan fingerprint density at radius 3 is 2.60 bits per heavy atom. The predicted molar refractivity (Wildman–Crippen MR) is 201 cm³/mol. The van der Waals surface area contributed by atoms with E-state index in [0.717, 1.165) is 18.5 Å². The maximum Gasteiger partial charge on any atom is 0.252 e. The van der Waals surface area contributed by atoms with Gasteiger partial charge in [0.2, 0.25) is 0 Å². The van der Waals surface area contributed by atoms with Gasteiger partial charge >= 0.3 is 0 Å². The topological polar surface area (TPSA) is 27.3 Å². The van der Waals surface area contributed by atoms with Gasteiger partial charge in [-0.05, 0) is 125 Å². The molecule has 0 bridgehead atoms. The Morgan fingerprint density at radius 2 is 1.68 bits per heavy atom. The standard InChI is InChI=1S/C43H40BN3/c1-27-22-38-40-39(23-27)47-41-34(42(2)20-6-7-21-43(42,47)3)14-9-15-36(41)44(40)35-19-18-33(26-37(35)46-38)45-32-13-8-12-30(25-32)31-17-16-28-10-4-5-11-29(28)24-31/h4-5,9-11,13-19,22-26,45-46H,6-8,12,20-21H2,1-3H3. The van der Waals surface area contributed by atoms with Crippen molar-refractivity contribution in [2.24, 2.45) is 0 Å². The molecule has 2 aliphatic carbocycles. The van der Waals surface area contributed by atoms with Gasteiger partial charge in [0, 0.05) is 39.5 Å². The Hall–Kier alpha value is -4.70. The molecule has 5 aromatic carbocycles. The molecule has 0 spiro atoms. The zero-order chi connectivity index (χ0) is 31.5. The first-order chi connectivity index (χ1) is 22.9. The molecule has 2 unspecified atom stereocenters. The van der Waals surface area contributed by atoms with E-state index in [-0.39, 0.29) is 17.7 Å². The molecule has 0 aromatic heterocycles. The Bertz CT molecular complexity index is 2230. The third kappa shape index (κ3) is 3.76. The van der Waals surface area contributed by atoms with Crippen LogP contribution in [0.1, 0.15) is 69.1 Å². The summed E-state index contributed by atoms with van der Waals surface area (Å²) in [6, 6.07) is 34.5. The number of hydrogen-bond donors (Lipinski definition) is 2. The van der Waals surface area contributed by atoms with Gasteiger partial charge in [0.05, 0.1) is 5.54 Å². The van der Waals surface area contributed by atoms with E-state index >= 15 is 0 Å². The molecular formula is C43H40BN3. The zero-order valence-corrected chi connectivity index (χ0v) is 27.6. The molecule has 3 nitrogen and oxygen atoms in total. The predicted octanol–water partition coefficient (Wildman–Crippen LogP) is 8.95. The van der Waals surface area contributed by atoms with Gasteiger partial charge in [0.1, 0.15) is 0 Å². The van der Waals surface area contributed by atoms with Crippen molar-refractivity contribution in [3.63, 3.8) is 0 Å². The summed E-state index contributed by atoms with van der Waals surface area (Å²) in [6.45, 7) is 7.58. The molecule has 2 atom stereocenters. The normalized spacial score (nSPS) is 23.2. The van der Waals surface area contributed by atoms with Crippen LogP contribution in [-0.4, -0.2) is 12.3 Å². The fourth-order valence-corrected chi connectivity index (χ4v) is 9.96. The molecular weight excluding hydrogens is 569 g/mol. The first kappa shape index (κ1) is 27.4. The highest BCUT2D eigenvalue weighted by Gasteiger charge is 2.60. The van der Waals surface area contributed by atoms with Crippen LogP contribution in [0.25, 0.3) is 16.3 Å². The van der Waals surface area contributed by atoms with Gasteiger partial charge in [-0.15, -0.1) is 0 Å². The highest BCUT2D eigenvalue weighted by atomic mass is 15.3. The van der Waals surface area contributed by atoms with Gasteiger partial charge in [0.25, 0.3) is 6.71 Å². The molecule has 0 amide bonds. The monoisotopic (exact) mass is 609 g/mol. The molecule has 10 rings (SSSR count). The number of benzene rings is 5. The molecule has 47 heavy (non-hydrogen) atoms. The van der Waals surface area contributed by atoms with Crippen molar-refractivity contribution in [3.8, 4) is 0 Å². The average molecular weight is 610 g/mol. The zero-order valence-electron chi connectivity index (χ0n) is 27.6. The van der Waals surface area contributed by atoms with Gasteiger partial charge in [-0.3, -0.25) is 0 Å². The van der Waals surface area contributed by atoms with E-state index in [1.54, 1.807) is 5.56 Å². The van der Waals surface area contributed by atoms with E-state index in [0.29, 0.717) is 0 Å². The molecule has 4 heteroatoms. The van der Waals surface area contributed by atoms with E-state index in [1.807, 2.05) is 0 Å². The average Bonchev–Trinajstić information content (AvgIpc) is 3.30. The minimum atomic E-state index is 0.0806. The number of anilines is 5. The van der Waals surface area contributed by atoms with Crippen LogP contribution in [0.2, 0.25) is 0 Å². The first-order valence-electron chi connectivity index (χ1n) is 17.6. The number of rotatable bonds is 3. The summed E-state index contributed by atoms with van der Waals surface area (Å²) in [5.74, 6) is 0. The smallest absolute Gasteiger partial charge is 0.252 e. The SMILES string of the molecule is Cc1cc2c3c(c1)N1c4c(cccc4C4(C)CCCCC14C)B3c1ccc(NC3=CCCC(c4ccc5ccccc5c4)=C3)cc1N2. The van der Waals surface area contributed by atoms with Crippen LogP contribution in [0, 0.1) is 6.92 Å². The summed E-state index contributed by atoms with van der Waals surface area (Å²) in [5, 5.41) is 10.3. The number of nitrogens with one attached hydrogen (secondary N) is 2. The Labute approximate surface area is 278 Å². The number of fused-ring (bicyclic) bond motifs is 8. The van der Waals surface area contributed by atoms with Crippen molar-refractivity contribution >= 4 is 67.9 Å². The van der Waals surface area contributed by atoms with Gasteiger partial charge in [0.15, 0.2) is 0 Å². The van der Waals surface area contributed by atoms with Crippen molar-refractivity contribution in [2.75, 3.05) is 15.5 Å². The summed E-state index contributed by atoms with van der Waals surface area (Å²) in [6.07, 6.45) is 11.9. The molecule has 230 valence electrons. The summed E-state index contributed by atoms with van der Waals surface area (Å²) >= 11 is 0. The van der Waals surface area contributed by atoms with Crippen molar-refractivity contribution in [3.05, 3.63) is 126 Å². The maximum atomic E-state index is 3.93. The second-order valence-corrected chi connectivity index (χ2v) is 15.1. The van der Waals surface area contributed by atoms with Crippen molar-refractivity contribution in [1.82, 2.24) is 0 Å². The molecule has 5 aromatic rings. The molecule has 3 heterocycles.